The number of fused-ring (bicyclic) bond motifs is 1. The van der Waals surface area contributed by atoms with Crippen LogP contribution in [0.4, 0.5) is 0 Å². The topological polar surface area (TPSA) is 206 Å². The smallest absolute Gasteiger partial charge is 0.217 e. The van der Waals surface area contributed by atoms with Crippen LogP contribution in [0, 0.1) is 5.92 Å². The van der Waals surface area contributed by atoms with Gasteiger partial charge in [0, 0.05) is 12.8 Å². The van der Waals surface area contributed by atoms with Gasteiger partial charge in [0.2, 0.25) is 5.91 Å². The van der Waals surface area contributed by atoms with E-state index in [1.807, 2.05) is 226 Å². The highest BCUT2D eigenvalue weighted by Gasteiger charge is 2.59. The van der Waals surface area contributed by atoms with Crippen molar-refractivity contribution < 1.29 is 90.4 Å². The molecule has 5 aliphatic rings. The highest BCUT2D eigenvalue weighted by atomic mass is 16.8. The standard InChI is InChI=1S/C82H97NO19/c1-7-43-88-79-71(64(51-86-44-57-29-15-8-16-30-57)69(54(2)95-79)89-46-59-33-19-10-20-34-59)99-81-77(101-78-67(83-56(4)84)68(85)72-66(97-78)53-94-82(5,6)102-72)75(70(55(3)96-81)90-47-60-35-21-11-22-36-60)100-80-76(93-50-63-41-27-14-28-42-63)74(92-49-62-39-25-13-26-40-62)73(91-48-61-37-23-12-24-38-61)65(98-80)52-87-45-58-31-17-9-18-32-58/h7-42,54-55,64-81,85H,1,43-53H2,2-6H3,(H,83,84)/t54-,55-,64+,65-,66+,67+,68+,69-,70-,71+,72+,73-,74+,75+,76+,77+,78-,79+,80-,81-/m0/s1. The van der Waals surface area contributed by atoms with Crippen LogP contribution in [0.15, 0.2) is 225 Å². The van der Waals surface area contributed by atoms with E-state index in [0.717, 1.165) is 38.9 Å². The molecule has 0 saturated carbocycles. The summed E-state index contributed by atoms with van der Waals surface area (Å²) in [6, 6.07) is 67.9. The van der Waals surface area contributed by atoms with E-state index >= 15 is 0 Å². The Balaban J connectivity index is 0.997. The fourth-order valence-corrected chi connectivity index (χ4v) is 13.7. The second-order valence-electron chi connectivity index (χ2n) is 26.9. The van der Waals surface area contributed by atoms with Gasteiger partial charge in [-0.1, -0.05) is 218 Å². The van der Waals surface area contributed by atoms with Crippen molar-refractivity contribution in [3.8, 4) is 0 Å². The Hall–Kier alpha value is -6.97. The number of carbonyl (C=O) groups is 1. The largest absolute Gasteiger partial charge is 0.388 e. The summed E-state index contributed by atoms with van der Waals surface area (Å²) in [5, 5.41) is 15.6. The Labute approximate surface area is 598 Å². The number of hydrogen-bond donors (Lipinski definition) is 2. The van der Waals surface area contributed by atoms with E-state index < -0.39 is 134 Å². The molecule has 5 heterocycles. The first-order chi connectivity index (χ1) is 49.8. The minimum Gasteiger partial charge on any atom is -0.388 e. The molecule has 0 aliphatic carbocycles. The van der Waals surface area contributed by atoms with E-state index in [9.17, 15) is 9.90 Å². The highest BCUT2D eigenvalue weighted by molar-refractivity contribution is 5.73. The van der Waals surface area contributed by atoms with Gasteiger partial charge in [0.1, 0.15) is 73.2 Å². The number of rotatable bonds is 33. The summed E-state index contributed by atoms with van der Waals surface area (Å²) in [6.07, 6.45) is -17.8. The summed E-state index contributed by atoms with van der Waals surface area (Å²) < 4.78 is 120. The maximum absolute atomic E-state index is 13.6. The molecule has 0 radical (unpaired) electrons. The summed E-state index contributed by atoms with van der Waals surface area (Å²) >= 11 is 0. The fourth-order valence-electron chi connectivity index (χ4n) is 13.7. The van der Waals surface area contributed by atoms with Crippen molar-refractivity contribution in [3.05, 3.63) is 264 Å². The number of benzene rings is 7. The molecule has 20 heteroatoms. The summed E-state index contributed by atoms with van der Waals surface area (Å²) in [5.74, 6) is -2.22. The van der Waals surface area contributed by atoms with E-state index in [0.29, 0.717) is 0 Å². The van der Waals surface area contributed by atoms with E-state index in [1.165, 1.54) is 6.92 Å². The molecule has 20 nitrogen and oxygen atoms in total. The molecule has 0 aromatic heterocycles. The number of hydrogen-bond acceptors (Lipinski definition) is 19. The zero-order valence-electron chi connectivity index (χ0n) is 58.6. The molecule has 7 aromatic carbocycles. The third-order valence-electron chi connectivity index (χ3n) is 18.8. The van der Waals surface area contributed by atoms with Crippen LogP contribution < -0.4 is 5.32 Å². The van der Waals surface area contributed by atoms with Crippen LogP contribution in [-0.4, -0.2) is 160 Å². The van der Waals surface area contributed by atoms with Gasteiger partial charge in [-0.15, -0.1) is 6.58 Å². The molecule has 1 amide bonds. The van der Waals surface area contributed by atoms with Gasteiger partial charge in [-0.3, -0.25) is 4.79 Å². The minimum atomic E-state index is -1.48. The Morgan fingerprint density at radius 1 is 0.461 bits per heavy atom. The van der Waals surface area contributed by atoms with Crippen LogP contribution in [0.5, 0.6) is 0 Å². The Morgan fingerprint density at radius 3 is 1.35 bits per heavy atom. The molecule has 102 heavy (non-hydrogen) atoms. The van der Waals surface area contributed by atoms with E-state index in [1.54, 1.807) is 19.9 Å². The average Bonchev–Trinajstić information content (AvgIpc) is 0.755. The number of nitrogens with one attached hydrogen (secondary N) is 1. The van der Waals surface area contributed by atoms with E-state index in [4.69, 9.17) is 80.5 Å². The van der Waals surface area contributed by atoms with Crippen LogP contribution in [-0.2, 0) is 132 Å². The maximum Gasteiger partial charge on any atom is 0.217 e. The Morgan fingerprint density at radius 2 is 0.863 bits per heavy atom. The van der Waals surface area contributed by atoms with Crippen molar-refractivity contribution in [1.29, 1.82) is 0 Å². The number of carbonyl (C=O) groups excluding carboxylic acids is 1. The van der Waals surface area contributed by atoms with Crippen molar-refractivity contribution in [2.45, 2.75) is 203 Å². The van der Waals surface area contributed by atoms with Gasteiger partial charge in [-0.25, -0.2) is 0 Å². The number of amides is 1. The third-order valence-corrected chi connectivity index (χ3v) is 18.8. The lowest BCUT2D eigenvalue weighted by atomic mass is 9.89. The predicted molar refractivity (Wildman–Crippen MR) is 376 cm³/mol. The van der Waals surface area contributed by atoms with Crippen molar-refractivity contribution >= 4 is 5.91 Å². The SMILES string of the molecule is C=CCO[C@@H]1O[C@@H](C)[C@H](OCc2ccccc2)[C@@H](COCc2ccccc2)[C@H]1O[C@@H]1O[C@@H](C)[C@H](OCc2ccccc2)[C@@H](O[C@@H]2O[C@@H](COCc3ccccc3)[C@H](OCc3ccccc3)[C@@H](OCc3ccccc3)[C@H]2OCc2ccccc2)[C@H]1O[C@@H]1O[C@@H]2COC(C)(C)O[C@H]2[C@H](O)[C@H]1NC(C)=O. The van der Waals surface area contributed by atoms with Crippen LogP contribution in [0.2, 0.25) is 0 Å². The van der Waals surface area contributed by atoms with Crippen molar-refractivity contribution in [3.63, 3.8) is 0 Å². The molecule has 5 aliphatic heterocycles. The zero-order chi connectivity index (χ0) is 70.6. The first kappa shape index (κ1) is 74.7. The van der Waals surface area contributed by atoms with Gasteiger partial charge in [-0.2, -0.15) is 0 Å². The minimum absolute atomic E-state index is 0.000836. The van der Waals surface area contributed by atoms with Crippen molar-refractivity contribution in [2.24, 2.45) is 5.92 Å². The third kappa shape index (κ3) is 20.3. The first-order valence-corrected chi connectivity index (χ1v) is 35.4. The van der Waals surface area contributed by atoms with Crippen LogP contribution in [0.1, 0.15) is 73.6 Å². The molecule has 0 bridgehead atoms. The lowest BCUT2D eigenvalue weighted by Crippen LogP contribution is -2.71. The second-order valence-corrected chi connectivity index (χ2v) is 26.9. The van der Waals surface area contributed by atoms with E-state index in [-0.39, 0.29) is 72.7 Å². The van der Waals surface area contributed by atoms with Gasteiger partial charge in [-0.05, 0) is 66.6 Å². The van der Waals surface area contributed by atoms with Crippen molar-refractivity contribution in [1.82, 2.24) is 5.32 Å². The summed E-state index contributed by atoms with van der Waals surface area (Å²) in [5.41, 5.74) is 6.40. The second kappa shape index (κ2) is 37.1. The molecule has 544 valence electrons. The Bertz CT molecular complexity index is 3570. The lowest BCUT2D eigenvalue weighted by molar-refractivity contribution is -0.415. The van der Waals surface area contributed by atoms with Gasteiger partial charge in [0.05, 0.1) is 91.0 Å². The molecule has 5 saturated heterocycles. The van der Waals surface area contributed by atoms with Gasteiger partial charge < -0.3 is 90.9 Å². The maximum atomic E-state index is 13.6. The normalized spacial score (nSPS) is 30.8. The number of aliphatic hydroxyl groups is 1. The van der Waals surface area contributed by atoms with Crippen LogP contribution in [0.25, 0.3) is 0 Å². The van der Waals surface area contributed by atoms with Gasteiger partial charge in [0.15, 0.2) is 30.9 Å². The molecule has 0 spiro atoms. The predicted octanol–water partition coefficient (Wildman–Crippen LogP) is 11.3. The fraction of sp³-hybridized carbons (Fsp3) is 0.451. The average molecular weight is 1400 g/mol. The molecule has 20 atom stereocenters. The van der Waals surface area contributed by atoms with Gasteiger partial charge in [0.25, 0.3) is 0 Å². The first-order valence-electron chi connectivity index (χ1n) is 35.4. The summed E-state index contributed by atoms with van der Waals surface area (Å²) in [6.45, 7) is 14.1. The number of aliphatic hydroxyl groups excluding tert-OH is 1. The molecular weight excluding hydrogens is 1300 g/mol. The summed E-state index contributed by atoms with van der Waals surface area (Å²) in [4.78, 5) is 13.6. The molecular formula is C82H97NO19. The molecule has 0 unspecified atom stereocenters. The number of ether oxygens (including phenoxy) is 17. The van der Waals surface area contributed by atoms with Crippen LogP contribution in [0.3, 0.4) is 0 Å². The van der Waals surface area contributed by atoms with E-state index in [2.05, 4.69) is 11.9 Å². The zero-order valence-corrected chi connectivity index (χ0v) is 58.6. The monoisotopic (exact) mass is 1400 g/mol. The molecule has 7 aromatic rings. The highest BCUT2D eigenvalue weighted by Crippen LogP contribution is 2.42. The summed E-state index contributed by atoms with van der Waals surface area (Å²) in [7, 11) is 0. The lowest BCUT2D eigenvalue weighted by Gasteiger charge is -2.53. The quantitative estimate of drug-likeness (QED) is 0.0367. The van der Waals surface area contributed by atoms with Crippen molar-refractivity contribution in [2.75, 3.05) is 26.4 Å². The van der Waals surface area contributed by atoms with Gasteiger partial charge >= 0.3 is 0 Å². The Kier molecular flexibility index (Phi) is 27.2. The molecule has 5 fully saturated rings. The van der Waals surface area contributed by atoms with Crippen LogP contribution >= 0.6 is 0 Å². The molecule has 12 rings (SSSR count). The molecule has 2 N–H and O–H groups in total.